The zero-order valence-electron chi connectivity index (χ0n) is 15.2. The van der Waals surface area contributed by atoms with Gasteiger partial charge in [-0.3, -0.25) is 4.90 Å². The molecule has 3 rings (SSSR count). The molecule has 27 heavy (non-hydrogen) atoms. The fourth-order valence-corrected chi connectivity index (χ4v) is 3.28. The maximum absolute atomic E-state index is 6.04. The fraction of sp³-hybridized carbons (Fsp3) is 0.389. The largest absolute Gasteiger partial charge is 0.495 e. The predicted octanol–water partition coefficient (Wildman–Crippen LogP) is 2.25. The van der Waals surface area contributed by atoms with Gasteiger partial charge in [0, 0.05) is 56.7 Å². The number of piperazine rings is 1. The molecule has 0 amide bonds. The average molecular weight is 407 g/mol. The van der Waals surface area contributed by atoms with Crippen molar-refractivity contribution in [3.8, 4) is 5.75 Å². The molecule has 1 aliphatic rings. The molecule has 2 N–H and O–H groups in total. The number of nitrogens with zero attached hydrogens (tertiary/aromatic N) is 4. The Hall–Kier alpha value is -2.16. The second kappa shape index (κ2) is 9.68. The first kappa shape index (κ1) is 19.6. The molecule has 1 fully saturated rings. The van der Waals surface area contributed by atoms with Crippen molar-refractivity contribution in [2.45, 2.75) is 0 Å². The summed E-state index contributed by atoms with van der Waals surface area (Å²) in [7, 11) is 1.62. The molecular formula is C18H23ClN6OS. The van der Waals surface area contributed by atoms with E-state index in [0.717, 1.165) is 50.9 Å². The monoisotopic (exact) mass is 406 g/mol. The lowest BCUT2D eigenvalue weighted by molar-refractivity contribution is 0.260. The van der Waals surface area contributed by atoms with Gasteiger partial charge in [0.2, 0.25) is 5.95 Å². The minimum atomic E-state index is 0.548. The molecular weight excluding hydrogens is 384 g/mol. The van der Waals surface area contributed by atoms with Crippen LogP contribution < -0.4 is 20.3 Å². The SMILES string of the molecule is COc1ccc(Cl)cc1NC(=S)NCCN1CCN(c2ncccn2)CC1. The van der Waals surface area contributed by atoms with Crippen LogP contribution in [0.15, 0.2) is 36.7 Å². The Morgan fingerprint density at radius 2 is 1.96 bits per heavy atom. The Morgan fingerprint density at radius 3 is 2.67 bits per heavy atom. The lowest BCUT2D eigenvalue weighted by Gasteiger charge is -2.34. The van der Waals surface area contributed by atoms with Crippen LogP contribution in [0.3, 0.4) is 0 Å². The topological polar surface area (TPSA) is 65.6 Å². The van der Waals surface area contributed by atoms with Crippen LogP contribution in [0.2, 0.25) is 5.02 Å². The van der Waals surface area contributed by atoms with E-state index >= 15 is 0 Å². The van der Waals surface area contributed by atoms with Crippen LogP contribution in [-0.2, 0) is 0 Å². The second-order valence-electron chi connectivity index (χ2n) is 6.10. The summed E-state index contributed by atoms with van der Waals surface area (Å²) < 4.78 is 5.32. The highest BCUT2D eigenvalue weighted by Gasteiger charge is 2.18. The molecule has 1 saturated heterocycles. The maximum atomic E-state index is 6.04. The summed E-state index contributed by atoms with van der Waals surface area (Å²) in [5.74, 6) is 1.50. The number of aromatic nitrogens is 2. The predicted molar refractivity (Wildman–Crippen MR) is 113 cm³/mol. The molecule has 2 aromatic rings. The number of anilines is 2. The Kier molecular flexibility index (Phi) is 7.03. The Labute approximate surface area is 169 Å². The van der Waals surface area contributed by atoms with Crippen molar-refractivity contribution in [2.24, 2.45) is 0 Å². The molecule has 0 spiro atoms. The molecule has 0 atom stereocenters. The summed E-state index contributed by atoms with van der Waals surface area (Å²) in [4.78, 5) is 13.2. The molecule has 9 heteroatoms. The van der Waals surface area contributed by atoms with Gasteiger partial charge in [0.15, 0.2) is 5.11 Å². The average Bonchev–Trinajstić information content (AvgIpc) is 2.69. The fourth-order valence-electron chi connectivity index (χ4n) is 2.90. The summed E-state index contributed by atoms with van der Waals surface area (Å²) >= 11 is 11.4. The van der Waals surface area contributed by atoms with Gasteiger partial charge in [-0.15, -0.1) is 0 Å². The van der Waals surface area contributed by atoms with Crippen molar-refractivity contribution in [2.75, 3.05) is 56.6 Å². The Morgan fingerprint density at radius 1 is 1.22 bits per heavy atom. The van der Waals surface area contributed by atoms with Crippen molar-refractivity contribution in [1.29, 1.82) is 0 Å². The summed E-state index contributed by atoms with van der Waals surface area (Å²) in [6.45, 7) is 5.47. The van der Waals surface area contributed by atoms with E-state index in [9.17, 15) is 0 Å². The van der Waals surface area contributed by atoms with E-state index in [0.29, 0.717) is 15.9 Å². The Bertz CT molecular complexity index is 755. The van der Waals surface area contributed by atoms with Crippen molar-refractivity contribution in [3.05, 3.63) is 41.7 Å². The van der Waals surface area contributed by atoms with E-state index in [-0.39, 0.29) is 0 Å². The van der Waals surface area contributed by atoms with Gasteiger partial charge in [-0.1, -0.05) is 11.6 Å². The highest BCUT2D eigenvalue weighted by molar-refractivity contribution is 7.80. The number of thiocarbonyl (C=S) groups is 1. The number of halogens is 1. The zero-order chi connectivity index (χ0) is 19.1. The third-order valence-electron chi connectivity index (χ3n) is 4.33. The molecule has 1 aliphatic heterocycles. The van der Waals surface area contributed by atoms with Crippen molar-refractivity contribution in [3.63, 3.8) is 0 Å². The summed E-state index contributed by atoms with van der Waals surface area (Å²) in [6.07, 6.45) is 3.56. The zero-order valence-corrected chi connectivity index (χ0v) is 16.8. The summed E-state index contributed by atoms with van der Waals surface area (Å²) in [5, 5.41) is 7.54. The van der Waals surface area contributed by atoms with E-state index in [1.165, 1.54) is 0 Å². The number of benzene rings is 1. The van der Waals surface area contributed by atoms with Crippen LogP contribution in [0.25, 0.3) is 0 Å². The van der Waals surface area contributed by atoms with E-state index < -0.39 is 0 Å². The summed E-state index contributed by atoms with van der Waals surface area (Å²) in [6, 6.07) is 7.21. The van der Waals surface area contributed by atoms with Crippen LogP contribution in [-0.4, -0.2) is 66.4 Å². The van der Waals surface area contributed by atoms with Crippen LogP contribution in [0.1, 0.15) is 0 Å². The molecule has 0 bridgehead atoms. The van der Waals surface area contributed by atoms with Crippen LogP contribution >= 0.6 is 23.8 Å². The van der Waals surface area contributed by atoms with Gasteiger partial charge in [-0.2, -0.15) is 0 Å². The van der Waals surface area contributed by atoms with E-state index in [2.05, 4.69) is 30.4 Å². The van der Waals surface area contributed by atoms with E-state index in [1.807, 2.05) is 12.1 Å². The van der Waals surface area contributed by atoms with Crippen LogP contribution in [0.5, 0.6) is 5.75 Å². The number of rotatable bonds is 6. The Balaban J connectivity index is 1.39. The van der Waals surface area contributed by atoms with Crippen molar-refractivity contribution < 1.29 is 4.74 Å². The van der Waals surface area contributed by atoms with Crippen molar-refractivity contribution in [1.82, 2.24) is 20.2 Å². The van der Waals surface area contributed by atoms with Gasteiger partial charge in [-0.25, -0.2) is 9.97 Å². The van der Waals surface area contributed by atoms with E-state index in [1.54, 1.807) is 31.6 Å². The van der Waals surface area contributed by atoms with Crippen molar-refractivity contribution >= 4 is 40.6 Å². The summed E-state index contributed by atoms with van der Waals surface area (Å²) in [5.41, 5.74) is 0.749. The molecule has 0 radical (unpaired) electrons. The first-order valence-corrected chi connectivity index (χ1v) is 9.57. The minimum absolute atomic E-state index is 0.548. The standard InChI is InChI=1S/C18H23ClN6OS/c1-26-16-4-3-14(19)13-15(16)23-18(27)22-7-8-24-9-11-25(12-10-24)17-20-5-2-6-21-17/h2-6,13H,7-12H2,1H3,(H2,22,23,27). The normalized spacial score (nSPS) is 14.7. The lowest BCUT2D eigenvalue weighted by atomic mass is 10.3. The molecule has 2 heterocycles. The third-order valence-corrected chi connectivity index (χ3v) is 4.81. The van der Waals surface area contributed by atoms with Gasteiger partial charge in [0.25, 0.3) is 0 Å². The first-order valence-electron chi connectivity index (χ1n) is 8.78. The smallest absolute Gasteiger partial charge is 0.225 e. The van der Waals surface area contributed by atoms with Gasteiger partial charge < -0.3 is 20.3 Å². The quantitative estimate of drug-likeness (QED) is 0.708. The lowest BCUT2D eigenvalue weighted by Crippen LogP contribution is -2.49. The van der Waals surface area contributed by atoms with Gasteiger partial charge in [-0.05, 0) is 36.5 Å². The highest BCUT2D eigenvalue weighted by Crippen LogP contribution is 2.27. The number of ether oxygens (including phenoxy) is 1. The molecule has 0 aliphatic carbocycles. The number of hydrogen-bond donors (Lipinski definition) is 2. The molecule has 1 aromatic carbocycles. The molecule has 0 unspecified atom stereocenters. The maximum Gasteiger partial charge on any atom is 0.225 e. The second-order valence-corrected chi connectivity index (χ2v) is 6.95. The highest BCUT2D eigenvalue weighted by atomic mass is 35.5. The van der Waals surface area contributed by atoms with Gasteiger partial charge >= 0.3 is 0 Å². The minimum Gasteiger partial charge on any atom is -0.495 e. The molecule has 144 valence electrons. The number of hydrogen-bond acceptors (Lipinski definition) is 6. The number of methoxy groups -OCH3 is 1. The van der Waals surface area contributed by atoms with Gasteiger partial charge in [0.1, 0.15) is 5.75 Å². The first-order chi connectivity index (χ1) is 13.2. The van der Waals surface area contributed by atoms with E-state index in [4.69, 9.17) is 28.6 Å². The van der Waals surface area contributed by atoms with Crippen LogP contribution in [0.4, 0.5) is 11.6 Å². The van der Waals surface area contributed by atoms with Gasteiger partial charge in [0.05, 0.1) is 12.8 Å². The van der Waals surface area contributed by atoms with Crippen LogP contribution in [0, 0.1) is 0 Å². The third kappa shape index (κ3) is 5.66. The molecule has 1 aromatic heterocycles. The molecule has 7 nitrogen and oxygen atoms in total. The molecule has 0 saturated carbocycles. The number of nitrogens with one attached hydrogen (secondary N) is 2.